The SMILES string of the molecule is CC[C@H](C)[C@@H]1NC(=O)[C@H](CC(C)C)N(C)C(=O)C[C@@H](C(=O)N2CCCCC2)N(C)C(=O)[C@H](C2CCCCC2)N(C)C(=O)C2(CCCC2)NC(=O)[C@@H]2CCCN2C(=O)[C@H](CCC2CCC(C(F)(F)F)C(Cl)C2)NC(=O)CN(C)C(=O)[C@H](CC(F)(F)F)N(C)C(=O)CN(C)C(=O)CN(C)C1=O. The van der Waals surface area contributed by atoms with Crippen LogP contribution in [0.1, 0.15) is 175 Å². The zero-order valence-electron chi connectivity index (χ0n) is 59.6. The number of rotatable bonds is 10. The number of likely N-dealkylation sites (tertiary alicyclic amines) is 1. The minimum absolute atomic E-state index is 0.0391. The maximum atomic E-state index is 15.8. The molecule has 3 unspecified atom stereocenters. The predicted octanol–water partition coefficient (Wildman–Crippen LogP) is 5.47. The van der Waals surface area contributed by atoms with Gasteiger partial charge in [-0.3, -0.25) is 57.5 Å². The van der Waals surface area contributed by atoms with E-state index in [1.807, 2.05) is 13.8 Å². The quantitative estimate of drug-likeness (QED) is 0.182. The second kappa shape index (κ2) is 35.4. The van der Waals surface area contributed by atoms with E-state index in [1.165, 1.54) is 47.8 Å². The Morgan fingerprint density at radius 2 is 1.19 bits per heavy atom. The van der Waals surface area contributed by atoms with Gasteiger partial charge in [-0.1, -0.05) is 66.2 Å². The van der Waals surface area contributed by atoms with E-state index in [0.717, 1.165) is 43.8 Å². The van der Waals surface area contributed by atoms with Gasteiger partial charge in [-0.15, -0.1) is 11.6 Å². The molecule has 0 aromatic heterocycles. The lowest BCUT2D eigenvalue weighted by Crippen LogP contribution is -2.65. The van der Waals surface area contributed by atoms with E-state index in [9.17, 15) is 55.1 Å². The number of piperidine rings is 1. The lowest BCUT2D eigenvalue weighted by molar-refractivity contribution is -0.182. The van der Waals surface area contributed by atoms with Crippen molar-refractivity contribution < 1.29 is 83.9 Å². The summed E-state index contributed by atoms with van der Waals surface area (Å²) in [7, 11) is 8.61. The lowest BCUT2D eigenvalue weighted by Gasteiger charge is -2.43. The Kier molecular flexibility index (Phi) is 29.1. The molecule has 12 amide bonds. The molecule has 6 aliphatic rings. The Bertz CT molecular complexity index is 2890. The molecule has 99 heavy (non-hydrogen) atoms. The van der Waals surface area contributed by atoms with Crippen molar-refractivity contribution in [3.63, 3.8) is 0 Å². The van der Waals surface area contributed by atoms with Gasteiger partial charge in [-0.25, -0.2) is 0 Å². The maximum absolute atomic E-state index is 15.8. The molecule has 0 radical (unpaired) electrons. The van der Waals surface area contributed by atoms with Crippen LogP contribution in [0.25, 0.3) is 0 Å². The fraction of sp³-hybridized carbons (Fsp3) is 0.824. The van der Waals surface area contributed by atoms with Crippen molar-refractivity contribution in [2.75, 3.05) is 88.6 Å². The van der Waals surface area contributed by atoms with Crippen LogP contribution in [-0.4, -0.2) is 269 Å². The number of fused-ring (bicyclic) bond motifs is 1. The van der Waals surface area contributed by atoms with E-state index < -0.39 is 193 Å². The minimum Gasteiger partial charge on any atom is -0.343 e. The predicted molar refractivity (Wildman–Crippen MR) is 354 cm³/mol. The topological polar surface area (TPSA) is 270 Å². The van der Waals surface area contributed by atoms with Gasteiger partial charge in [0, 0.05) is 74.3 Å². The number of nitrogens with zero attached hydrogens (tertiary/aromatic N) is 9. The standard InChI is InChI=1S/C68H107ClF6N12O12/c1-12-42(4)56-63(97)81(7)39-54(90)79(5)40-55(91)83(9)51(37-67(70,71)72)61(95)80(6)38-52(88)76-47(28-26-43-25-27-45(46(69)35-43)68(73,74)75)60(94)87-33-21-24-48(87)59(93)78-66(29-17-18-30-66)65(99)85(11)57(44-22-15-13-16-23-44)64(98)84(10)50(62(96)86-31-19-14-20-32-86)36-53(89)82(8)49(34-41(2)3)58(92)77-56/h41-51,56-57H,12-40H2,1-11H3,(H,76,88)(H,77,92)(H,78,93)/t42-,43?,45?,46?,47-,48-,49-,50-,51-,56-,57-/m0/s1. The summed E-state index contributed by atoms with van der Waals surface area (Å²) in [6, 6.07) is -10.3. The molecule has 3 aliphatic carbocycles. The van der Waals surface area contributed by atoms with Gasteiger partial charge >= 0.3 is 12.4 Å². The average Bonchev–Trinajstić information content (AvgIpc) is 1.76. The third kappa shape index (κ3) is 21.1. The molecule has 1 spiro atoms. The number of carbonyl (C=O) groups is 12. The monoisotopic (exact) mass is 1430 g/mol. The van der Waals surface area contributed by atoms with Crippen molar-refractivity contribution in [3.8, 4) is 0 Å². The first kappa shape index (κ1) is 81.5. The highest BCUT2D eigenvalue weighted by molar-refractivity contribution is 6.21. The van der Waals surface area contributed by atoms with Crippen LogP contribution in [0.15, 0.2) is 0 Å². The minimum atomic E-state index is -5.08. The first-order valence-electron chi connectivity index (χ1n) is 35.4. The number of nitrogens with one attached hydrogen (secondary N) is 3. The molecule has 24 nitrogen and oxygen atoms in total. The van der Waals surface area contributed by atoms with Crippen LogP contribution >= 0.6 is 11.6 Å². The molecule has 3 N–H and O–H groups in total. The van der Waals surface area contributed by atoms with Crippen molar-refractivity contribution >= 4 is 82.5 Å². The highest BCUT2D eigenvalue weighted by Gasteiger charge is 2.52. The van der Waals surface area contributed by atoms with Crippen LogP contribution in [0.3, 0.4) is 0 Å². The van der Waals surface area contributed by atoms with Crippen LogP contribution in [0, 0.1) is 29.6 Å². The Labute approximate surface area is 583 Å². The molecule has 560 valence electrons. The molecular formula is C68H107ClF6N12O12. The number of carbonyl (C=O) groups excluding carboxylic acids is 12. The van der Waals surface area contributed by atoms with E-state index in [4.69, 9.17) is 11.6 Å². The van der Waals surface area contributed by atoms with Crippen molar-refractivity contribution in [1.29, 1.82) is 0 Å². The smallest absolute Gasteiger partial charge is 0.343 e. The molecule has 6 fully saturated rings. The Balaban J connectivity index is 1.43. The highest BCUT2D eigenvalue weighted by Crippen LogP contribution is 2.44. The van der Waals surface area contributed by atoms with Crippen molar-refractivity contribution in [3.05, 3.63) is 0 Å². The molecule has 11 atom stereocenters. The van der Waals surface area contributed by atoms with Gasteiger partial charge in [0.25, 0.3) is 0 Å². The third-order valence-electron chi connectivity index (χ3n) is 21.6. The van der Waals surface area contributed by atoms with Crippen molar-refractivity contribution in [2.45, 2.75) is 241 Å². The zero-order chi connectivity index (χ0) is 73.8. The van der Waals surface area contributed by atoms with Crippen LogP contribution in [0.4, 0.5) is 26.3 Å². The van der Waals surface area contributed by atoms with E-state index in [-0.39, 0.29) is 76.7 Å². The summed E-state index contributed by atoms with van der Waals surface area (Å²) in [5.74, 6) is -13.5. The van der Waals surface area contributed by atoms with Gasteiger partial charge in [0.15, 0.2) is 0 Å². The number of hydrogen-bond acceptors (Lipinski definition) is 12. The Morgan fingerprint density at radius 3 is 1.78 bits per heavy atom. The average molecular weight is 1430 g/mol. The summed E-state index contributed by atoms with van der Waals surface area (Å²) in [6.45, 7) is 5.14. The van der Waals surface area contributed by atoms with Gasteiger partial charge in [0.1, 0.15) is 47.8 Å². The summed E-state index contributed by atoms with van der Waals surface area (Å²) in [6.07, 6.45) is -5.25. The van der Waals surface area contributed by atoms with Crippen LogP contribution in [-0.2, 0) is 57.5 Å². The second-order valence-electron chi connectivity index (χ2n) is 29.3. The van der Waals surface area contributed by atoms with E-state index in [2.05, 4.69) is 16.0 Å². The molecule has 0 aromatic rings. The molecule has 3 heterocycles. The van der Waals surface area contributed by atoms with Gasteiger partial charge in [0.2, 0.25) is 70.9 Å². The highest BCUT2D eigenvalue weighted by atomic mass is 35.5. The van der Waals surface area contributed by atoms with Crippen molar-refractivity contribution in [1.82, 2.24) is 60.0 Å². The molecule has 6 rings (SSSR count). The lowest BCUT2D eigenvalue weighted by atomic mass is 9.78. The first-order chi connectivity index (χ1) is 46.3. The number of likely N-dealkylation sites (N-methyl/N-ethyl adjacent to an activating group) is 7. The normalized spacial score (nSPS) is 29.4. The van der Waals surface area contributed by atoms with Gasteiger partial charge in [0.05, 0.1) is 38.4 Å². The van der Waals surface area contributed by atoms with Crippen LogP contribution < -0.4 is 16.0 Å². The summed E-state index contributed by atoms with van der Waals surface area (Å²) in [4.78, 5) is 187. The van der Waals surface area contributed by atoms with Crippen LogP contribution in [0.2, 0.25) is 0 Å². The van der Waals surface area contributed by atoms with Gasteiger partial charge < -0.3 is 60.0 Å². The third-order valence-corrected chi connectivity index (χ3v) is 22.1. The second-order valence-corrected chi connectivity index (χ2v) is 29.9. The molecular weight excluding hydrogens is 1330 g/mol. The van der Waals surface area contributed by atoms with Gasteiger partial charge in [-0.05, 0) is 120 Å². The van der Waals surface area contributed by atoms with Crippen molar-refractivity contribution in [2.24, 2.45) is 29.6 Å². The molecule has 0 bridgehead atoms. The summed E-state index contributed by atoms with van der Waals surface area (Å²) < 4.78 is 85.1. The molecule has 3 saturated carbocycles. The number of amides is 12. The van der Waals surface area contributed by atoms with E-state index in [0.29, 0.717) is 80.7 Å². The number of hydrogen-bond donors (Lipinski definition) is 3. The summed E-state index contributed by atoms with van der Waals surface area (Å²) in [5, 5.41) is 7.11. The number of halogens is 7. The summed E-state index contributed by atoms with van der Waals surface area (Å²) >= 11 is 6.32. The fourth-order valence-corrected chi connectivity index (χ4v) is 15.8. The first-order valence-corrected chi connectivity index (χ1v) is 35.8. The van der Waals surface area contributed by atoms with E-state index in [1.54, 1.807) is 18.7 Å². The fourth-order valence-electron chi connectivity index (χ4n) is 15.3. The summed E-state index contributed by atoms with van der Waals surface area (Å²) in [5.41, 5.74) is -1.62. The Hall–Kier alpha value is -6.49. The molecule has 3 aliphatic heterocycles. The maximum Gasteiger partial charge on any atom is 0.393 e. The van der Waals surface area contributed by atoms with Crippen LogP contribution in [0.5, 0.6) is 0 Å². The Morgan fingerprint density at radius 1 is 0.596 bits per heavy atom. The van der Waals surface area contributed by atoms with E-state index >= 15 is 28.8 Å². The molecule has 31 heteroatoms. The number of alkyl halides is 7. The van der Waals surface area contributed by atoms with Gasteiger partial charge in [-0.2, -0.15) is 26.3 Å². The molecule has 3 saturated heterocycles. The zero-order valence-corrected chi connectivity index (χ0v) is 60.3. The molecule has 0 aromatic carbocycles. The largest absolute Gasteiger partial charge is 0.393 e.